The zero-order valence-corrected chi connectivity index (χ0v) is 54.4. The lowest BCUT2D eigenvalue weighted by atomic mass is 9.92. The molecule has 3 saturated heterocycles. The number of hydrogen-bond acceptors (Lipinski definition) is 19. The molecule has 6 N–H and O–H groups in total. The van der Waals surface area contributed by atoms with E-state index in [1.54, 1.807) is 55.7 Å². The van der Waals surface area contributed by atoms with Gasteiger partial charge in [0.05, 0.1) is 76.6 Å². The highest BCUT2D eigenvalue weighted by Crippen LogP contribution is 2.32. The van der Waals surface area contributed by atoms with E-state index < -0.39 is 103 Å². The van der Waals surface area contributed by atoms with E-state index in [1.807, 2.05) is 19.1 Å². The standard InChI is InChI=1S/C66H90F2N12O15/c1-45-12-14-47(15-13-45)8-6-10-50(81)34-46(2)70-21-5-4-11-55(73-57(82)40-75-25-27-76(41-59(84)85)29-31-78(43-61(88)89)32-30-77(28-26-75)42-60(86)87)64(92)74-56(36-62(90)94-3)65(93)79-23-19-48(20-24-79)9-7-33-95-51-16-17-54-53(35-51)52(18-22-71-54)63(91)72-39-58(83)80-44-66(67,68)37-49(80)38-69/h12-18,22,35,48-49,55-56H,4-11,19-21,23-34,36-37,39-44H2,1-3H3,(H,72,91)(H,73,82)(H,74,92)(H,84,85)(H,86,87)(H,88,89)/t49-,55+,56+/m1/s1. The average molecular weight is 1330 g/mol. The lowest BCUT2D eigenvalue weighted by Crippen LogP contribution is -2.56. The molecule has 1 aromatic heterocycles. The predicted molar refractivity (Wildman–Crippen MR) is 344 cm³/mol. The number of unbranched alkanes of at least 4 members (excludes halogenated alkanes) is 1. The monoisotopic (exact) mass is 1330 g/mol. The molecular weight excluding hydrogens is 1240 g/mol. The number of aliphatic carboxylic acids is 3. The number of amides is 5. The lowest BCUT2D eigenvalue weighted by molar-refractivity contribution is -0.147. The van der Waals surface area contributed by atoms with E-state index in [0.717, 1.165) is 36.0 Å². The second kappa shape index (κ2) is 38.1. The summed E-state index contributed by atoms with van der Waals surface area (Å²) in [5.74, 6) is -9.97. The summed E-state index contributed by atoms with van der Waals surface area (Å²) in [6.45, 7) is 3.35. The summed E-state index contributed by atoms with van der Waals surface area (Å²) in [4.78, 5) is 148. The molecule has 2 aromatic carbocycles. The molecule has 0 aliphatic carbocycles. The summed E-state index contributed by atoms with van der Waals surface area (Å²) in [6.07, 6.45) is 5.62. The number of nitriles is 1. The molecule has 3 aliphatic rings. The molecule has 6 rings (SSSR count). The number of pyridine rings is 1. The molecule has 27 nitrogen and oxygen atoms in total. The number of ether oxygens (including phenoxy) is 2. The van der Waals surface area contributed by atoms with Gasteiger partial charge in [0, 0.05) is 109 Å². The van der Waals surface area contributed by atoms with Crippen LogP contribution < -0.4 is 20.7 Å². The Morgan fingerprint density at radius 2 is 1.38 bits per heavy atom. The van der Waals surface area contributed by atoms with Gasteiger partial charge in [-0.3, -0.25) is 77.5 Å². The van der Waals surface area contributed by atoms with Crippen LogP contribution in [0.3, 0.4) is 0 Å². The molecule has 29 heteroatoms. The number of nitrogens with one attached hydrogen (secondary N) is 3. The third-order valence-electron chi connectivity index (χ3n) is 17.1. The molecule has 518 valence electrons. The first kappa shape index (κ1) is 75.4. The number of likely N-dealkylation sites (tertiary alicyclic amines) is 2. The minimum Gasteiger partial charge on any atom is -0.494 e. The number of benzene rings is 2. The van der Waals surface area contributed by atoms with Crippen molar-refractivity contribution in [2.45, 2.75) is 121 Å². The van der Waals surface area contributed by atoms with E-state index in [1.165, 1.54) is 12.3 Å². The number of halogens is 2. The van der Waals surface area contributed by atoms with Crippen LogP contribution in [0.2, 0.25) is 0 Å². The van der Waals surface area contributed by atoms with Crippen LogP contribution in [0, 0.1) is 24.2 Å². The van der Waals surface area contributed by atoms with Gasteiger partial charge in [-0.05, 0) is 107 Å². The maximum atomic E-state index is 14.5. The summed E-state index contributed by atoms with van der Waals surface area (Å²) in [5, 5.41) is 46.8. The molecule has 4 heterocycles. The molecule has 0 radical (unpaired) electrons. The number of carbonyl (C=O) groups excluding carboxylic acids is 7. The number of esters is 1. The number of carboxylic acid groups (broad SMARTS) is 3. The fourth-order valence-electron chi connectivity index (χ4n) is 11.8. The van der Waals surface area contributed by atoms with Gasteiger partial charge in [0.1, 0.15) is 29.7 Å². The molecule has 5 amide bonds. The highest BCUT2D eigenvalue weighted by molar-refractivity contribution is 6.07. The lowest BCUT2D eigenvalue weighted by Gasteiger charge is -2.34. The number of aryl methyl sites for hydroxylation is 2. The van der Waals surface area contributed by atoms with Crippen LogP contribution in [0.1, 0.15) is 105 Å². The Morgan fingerprint density at radius 3 is 1.97 bits per heavy atom. The van der Waals surface area contributed by atoms with Crippen molar-refractivity contribution in [3.05, 3.63) is 71.4 Å². The molecular formula is C66H90F2N12O15. The first-order valence-corrected chi connectivity index (χ1v) is 32.3. The molecule has 0 saturated carbocycles. The van der Waals surface area contributed by atoms with Gasteiger partial charge in [-0.2, -0.15) is 5.26 Å². The number of carbonyl (C=O) groups is 10. The van der Waals surface area contributed by atoms with Gasteiger partial charge in [0.2, 0.25) is 23.6 Å². The molecule has 3 fully saturated rings. The number of alkyl halides is 2. The molecule has 3 atom stereocenters. The van der Waals surface area contributed by atoms with Crippen LogP contribution in [-0.2, 0) is 54.3 Å². The Morgan fingerprint density at radius 1 is 0.768 bits per heavy atom. The second-order valence-corrected chi connectivity index (χ2v) is 24.6. The van der Waals surface area contributed by atoms with E-state index >= 15 is 0 Å². The van der Waals surface area contributed by atoms with Crippen LogP contribution in [0.5, 0.6) is 5.75 Å². The quantitative estimate of drug-likeness (QED) is 0.0290. The summed E-state index contributed by atoms with van der Waals surface area (Å²) in [5.41, 5.74) is 3.61. The number of carboxylic acids is 3. The first-order valence-electron chi connectivity index (χ1n) is 32.3. The van der Waals surface area contributed by atoms with E-state index in [4.69, 9.17) is 9.47 Å². The van der Waals surface area contributed by atoms with Crippen LogP contribution >= 0.6 is 0 Å². The highest BCUT2D eigenvalue weighted by Gasteiger charge is 2.47. The number of ketones is 1. The van der Waals surface area contributed by atoms with Crippen molar-refractivity contribution in [2.75, 3.05) is 125 Å². The summed E-state index contributed by atoms with van der Waals surface area (Å²) < 4.78 is 39.0. The molecule has 0 bridgehead atoms. The van der Waals surface area contributed by atoms with Crippen LogP contribution in [0.25, 0.3) is 10.9 Å². The van der Waals surface area contributed by atoms with Gasteiger partial charge in [0.25, 0.3) is 11.8 Å². The van der Waals surface area contributed by atoms with Gasteiger partial charge in [-0.1, -0.05) is 29.8 Å². The van der Waals surface area contributed by atoms with Crippen molar-refractivity contribution in [3.8, 4) is 11.8 Å². The third kappa shape index (κ3) is 26.3. The summed E-state index contributed by atoms with van der Waals surface area (Å²) >= 11 is 0. The number of aliphatic imine (C=N–C) groups is 1. The van der Waals surface area contributed by atoms with E-state index in [9.17, 15) is 77.3 Å². The number of fused-ring (bicyclic) bond motifs is 1. The zero-order valence-electron chi connectivity index (χ0n) is 54.4. The van der Waals surface area contributed by atoms with Crippen molar-refractivity contribution < 1.29 is 81.5 Å². The maximum Gasteiger partial charge on any atom is 0.317 e. The number of rotatable bonds is 33. The maximum absolute atomic E-state index is 14.5. The molecule has 3 aromatic rings. The minimum absolute atomic E-state index is 0.0671. The van der Waals surface area contributed by atoms with Gasteiger partial charge in [-0.15, -0.1) is 0 Å². The third-order valence-corrected chi connectivity index (χ3v) is 17.1. The smallest absolute Gasteiger partial charge is 0.317 e. The Kier molecular flexibility index (Phi) is 30.2. The Labute approximate surface area is 551 Å². The van der Waals surface area contributed by atoms with E-state index in [-0.39, 0.29) is 109 Å². The number of Topliss-reactive ketones (excluding diaryl/α,β-unsaturated/α-hetero) is 1. The molecule has 3 aliphatic heterocycles. The van der Waals surface area contributed by atoms with Gasteiger partial charge < -0.3 is 50.5 Å². The second-order valence-electron chi connectivity index (χ2n) is 24.6. The number of methoxy groups -OCH3 is 1. The van der Waals surface area contributed by atoms with Crippen LogP contribution in [0.15, 0.2) is 59.7 Å². The Hall–Kier alpha value is -8.59. The van der Waals surface area contributed by atoms with Crippen LogP contribution in [0.4, 0.5) is 8.78 Å². The molecule has 0 unspecified atom stereocenters. The zero-order chi connectivity index (χ0) is 69.0. The van der Waals surface area contributed by atoms with Crippen molar-refractivity contribution in [3.63, 3.8) is 0 Å². The largest absolute Gasteiger partial charge is 0.494 e. The number of hydrogen-bond donors (Lipinski definition) is 6. The van der Waals surface area contributed by atoms with Crippen molar-refractivity contribution in [1.29, 1.82) is 5.26 Å². The topological polar surface area (TPSA) is 354 Å². The SMILES string of the molecule is COC(=O)C[C@H](NC(=O)[C@H](CCCCN=C(C)CC(=O)CCCc1ccc(C)cc1)NC(=O)CN1CCN(CC(=O)O)CCN(CC(=O)O)CCN(CC(=O)O)CC1)C(=O)N1CCC(CCCOc2ccc3nccc(C(=O)NCC(=O)N4CC(F)(F)C[C@@H]4C#N)c3c2)CC1. The highest BCUT2D eigenvalue weighted by atomic mass is 19.3. The first-order chi connectivity index (χ1) is 45.4. The minimum atomic E-state index is -3.21. The summed E-state index contributed by atoms with van der Waals surface area (Å²) in [6, 6.07) is 12.4. The Balaban J connectivity index is 1.06. The average Bonchev–Trinajstić information content (AvgIpc) is 1.63. The van der Waals surface area contributed by atoms with Gasteiger partial charge in [0.15, 0.2) is 0 Å². The van der Waals surface area contributed by atoms with Crippen molar-refractivity contribution in [1.82, 2.24) is 50.3 Å². The van der Waals surface area contributed by atoms with Crippen molar-refractivity contribution in [2.24, 2.45) is 10.9 Å². The van der Waals surface area contributed by atoms with E-state index in [0.29, 0.717) is 93.6 Å². The molecule has 0 spiro atoms. The number of nitrogens with zero attached hydrogens (tertiary/aromatic N) is 9. The fourth-order valence-corrected chi connectivity index (χ4v) is 11.8. The van der Waals surface area contributed by atoms with Crippen LogP contribution in [-0.4, -0.2) is 264 Å². The number of aromatic nitrogens is 1. The number of piperidine rings is 1. The Bertz CT molecular complexity index is 3180. The summed E-state index contributed by atoms with van der Waals surface area (Å²) in [7, 11) is 1.16. The predicted octanol–water partition coefficient (Wildman–Crippen LogP) is 3.05. The normalized spacial score (nSPS) is 17.9. The molecule has 95 heavy (non-hydrogen) atoms. The van der Waals surface area contributed by atoms with Crippen molar-refractivity contribution >= 4 is 75.8 Å². The fraction of sp³-hybridized carbons (Fsp3) is 0.591. The van der Waals surface area contributed by atoms with Gasteiger partial charge >= 0.3 is 23.9 Å². The van der Waals surface area contributed by atoms with Gasteiger partial charge in [-0.25, -0.2) is 8.78 Å². The van der Waals surface area contributed by atoms with E-state index in [2.05, 4.69) is 38.1 Å².